The zero-order valence-corrected chi connectivity index (χ0v) is 18.1. The molecule has 0 saturated carbocycles. The summed E-state index contributed by atoms with van der Waals surface area (Å²) in [6.45, 7) is 0.164. The highest BCUT2D eigenvalue weighted by atomic mass is 32.2. The van der Waals surface area contributed by atoms with E-state index in [0.29, 0.717) is 5.56 Å². The lowest BCUT2D eigenvalue weighted by atomic mass is 9.97. The zero-order valence-electron chi connectivity index (χ0n) is 17.3. The van der Waals surface area contributed by atoms with Crippen molar-refractivity contribution >= 4 is 9.84 Å². The van der Waals surface area contributed by atoms with Gasteiger partial charge in [0.05, 0.1) is 23.2 Å². The van der Waals surface area contributed by atoms with Crippen LogP contribution in [0.2, 0.25) is 0 Å². The molecule has 0 saturated heterocycles. The van der Waals surface area contributed by atoms with Crippen LogP contribution in [0.25, 0.3) is 22.3 Å². The molecule has 0 N–H and O–H groups in total. The predicted octanol–water partition coefficient (Wildman–Crippen LogP) is 5.06. The second-order valence-corrected chi connectivity index (χ2v) is 9.30. The minimum atomic E-state index is -5.52. The van der Waals surface area contributed by atoms with Crippen LogP contribution < -0.4 is 5.56 Å². The van der Waals surface area contributed by atoms with Crippen molar-refractivity contribution in [1.29, 1.82) is 0 Å². The van der Waals surface area contributed by atoms with Crippen LogP contribution in [0.1, 0.15) is 5.56 Å². The van der Waals surface area contributed by atoms with Gasteiger partial charge in [0.2, 0.25) is 0 Å². The highest BCUT2D eigenvalue weighted by Crippen LogP contribution is 2.33. The van der Waals surface area contributed by atoms with E-state index in [0.717, 1.165) is 17.7 Å². The van der Waals surface area contributed by atoms with Gasteiger partial charge in [0, 0.05) is 5.56 Å². The lowest BCUT2D eigenvalue weighted by Crippen LogP contribution is -2.25. The molecule has 0 amide bonds. The first kappa shape index (κ1) is 23.4. The van der Waals surface area contributed by atoms with Gasteiger partial charge in [0.1, 0.15) is 5.82 Å². The fourth-order valence-corrected chi connectivity index (χ4v) is 4.18. The molecule has 34 heavy (non-hydrogen) atoms. The minimum Gasteiger partial charge on any atom is -0.267 e. The summed E-state index contributed by atoms with van der Waals surface area (Å²) in [4.78, 5) is 12.5. The van der Waals surface area contributed by atoms with E-state index in [2.05, 4.69) is 5.10 Å². The Kier molecular flexibility index (Phi) is 6.09. The molecule has 0 aliphatic heterocycles. The Labute approximate surface area is 191 Å². The van der Waals surface area contributed by atoms with E-state index >= 15 is 0 Å². The highest BCUT2D eigenvalue weighted by Gasteiger charge is 2.46. The number of alkyl halides is 3. The topological polar surface area (TPSA) is 69.0 Å². The van der Waals surface area contributed by atoms with Crippen molar-refractivity contribution in [2.75, 3.05) is 0 Å². The van der Waals surface area contributed by atoms with Crippen molar-refractivity contribution in [2.24, 2.45) is 0 Å². The van der Waals surface area contributed by atoms with E-state index in [4.69, 9.17) is 0 Å². The van der Waals surface area contributed by atoms with Gasteiger partial charge in [-0.25, -0.2) is 17.5 Å². The predicted molar refractivity (Wildman–Crippen MR) is 118 cm³/mol. The maximum atomic E-state index is 13.5. The number of rotatable bonds is 5. The Morgan fingerprint density at radius 1 is 0.824 bits per heavy atom. The first-order chi connectivity index (χ1) is 16.1. The molecule has 4 rings (SSSR count). The monoisotopic (exact) mass is 488 g/mol. The van der Waals surface area contributed by atoms with Crippen LogP contribution in [-0.2, 0) is 16.4 Å². The van der Waals surface area contributed by atoms with E-state index in [1.165, 1.54) is 47.3 Å². The maximum Gasteiger partial charge on any atom is 0.501 e. The smallest absolute Gasteiger partial charge is 0.267 e. The van der Waals surface area contributed by atoms with Crippen molar-refractivity contribution in [3.05, 3.63) is 107 Å². The Hall–Kier alpha value is -3.79. The SMILES string of the molecule is O=c1c(-c2ccc(F)cc2)c(-c2ccc(S(=O)(=O)C(F)(F)F)cc2)cnn1Cc1ccccc1. The molecule has 0 atom stereocenters. The van der Waals surface area contributed by atoms with Crippen LogP contribution in [0.4, 0.5) is 17.6 Å². The number of halogens is 4. The van der Waals surface area contributed by atoms with Crippen molar-refractivity contribution < 1.29 is 26.0 Å². The number of sulfone groups is 1. The van der Waals surface area contributed by atoms with Gasteiger partial charge in [0.25, 0.3) is 15.4 Å². The number of benzene rings is 3. The summed E-state index contributed by atoms with van der Waals surface area (Å²) < 4.78 is 76.7. The third-order valence-corrected chi connectivity index (χ3v) is 6.63. The van der Waals surface area contributed by atoms with E-state index in [-0.39, 0.29) is 23.2 Å². The molecular weight excluding hydrogens is 472 g/mol. The summed E-state index contributed by atoms with van der Waals surface area (Å²) in [6.07, 6.45) is 1.37. The first-order valence-electron chi connectivity index (χ1n) is 9.90. The van der Waals surface area contributed by atoms with Gasteiger partial charge in [-0.15, -0.1) is 0 Å². The van der Waals surface area contributed by atoms with Gasteiger partial charge in [-0.05, 0) is 41.0 Å². The van der Waals surface area contributed by atoms with Crippen molar-refractivity contribution in [1.82, 2.24) is 9.78 Å². The molecule has 174 valence electrons. The van der Waals surface area contributed by atoms with E-state index in [1.807, 2.05) is 30.3 Å². The van der Waals surface area contributed by atoms with Gasteiger partial charge < -0.3 is 0 Å². The lowest BCUT2D eigenvalue weighted by molar-refractivity contribution is -0.0436. The molecule has 5 nitrogen and oxygen atoms in total. The van der Waals surface area contributed by atoms with Gasteiger partial charge in [-0.2, -0.15) is 18.3 Å². The maximum absolute atomic E-state index is 13.5. The Balaban J connectivity index is 1.85. The molecule has 0 fully saturated rings. The lowest BCUT2D eigenvalue weighted by Gasteiger charge is -2.14. The number of hydrogen-bond acceptors (Lipinski definition) is 4. The summed E-state index contributed by atoms with van der Waals surface area (Å²) in [6, 6.07) is 18.2. The fraction of sp³-hybridized carbons (Fsp3) is 0.0833. The molecule has 0 unspecified atom stereocenters. The zero-order chi connectivity index (χ0) is 24.5. The van der Waals surface area contributed by atoms with E-state index < -0.39 is 31.6 Å². The molecule has 1 heterocycles. The molecule has 0 aliphatic rings. The van der Waals surface area contributed by atoms with Crippen molar-refractivity contribution in [2.45, 2.75) is 16.9 Å². The third kappa shape index (κ3) is 4.49. The van der Waals surface area contributed by atoms with Crippen LogP contribution in [0.15, 0.2) is 94.7 Å². The van der Waals surface area contributed by atoms with Crippen molar-refractivity contribution in [3.63, 3.8) is 0 Å². The molecule has 0 spiro atoms. The van der Waals surface area contributed by atoms with Crippen LogP contribution in [0.5, 0.6) is 0 Å². The average Bonchev–Trinajstić information content (AvgIpc) is 2.81. The second kappa shape index (κ2) is 8.86. The Morgan fingerprint density at radius 2 is 1.41 bits per heavy atom. The summed E-state index contributed by atoms with van der Waals surface area (Å²) in [7, 11) is -5.52. The van der Waals surface area contributed by atoms with E-state index in [1.54, 1.807) is 0 Å². The van der Waals surface area contributed by atoms with Crippen LogP contribution in [0.3, 0.4) is 0 Å². The van der Waals surface area contributed by atoms with Crippen LogP contribution >= 0.6 is 0 Å². The fourth-order valence-electron chi connectivity index (χ4n) is 3.42. The first-order valence-corrected chi connectivity index (χ1v) is 11.4. The molecule has 1 aromatic heterocycles. The molecule has 0 aliphatic carbocycles. The molecule has 3 aromatic carbocycles. The summed E-state index contributed by atoms with van der Waals surface area (Å²) in [5, 5.41) is 4.20. The second-order valence-electron chi connectivity index (χ2n) is 7.36. The van der Waals surface area contributed by atoms with Gasteiger partial charge in [0.15, 0.2) is 0 Å². The number of nitrogens with zero attached hydrogens (tertiary/aromatic N) is 2. The number of hydrogen-bond donors (Lipinski definition) is 0. The molecule has 10 heteroatoms. The van der Waals surface area contributed by atoms with Crippen LogP contribution in [-0.4, -0.2) is 23.7 Å². The molecule has 4 aromatic rings. The van der Waals surface area contributed by atoms with Gasteiger partial charge >= 0.3 is 5.51 Å². The summed E-state index contributed by atoms with van der Waals surface area (Å²) in [5.74, 6) is -0.509. The van der Waals surface area contributed by atoms with Gasteiger partial charge in [-0.1, -0.05) is 54.6 Å². The molecule has 0 bridgehead atoms. The Bertz CT molecular complexity index is 1480. The average molecular weight is 488 g/mol. The normalized spacial score (nSPS) is 12.0. The van der Waals surface area contributed by atoms with Crippen LogP contribution in [0, 0.1) is 5.82 Å². The standard InChI is InChI=1S/C24H16F4N2O3S/c25-19-10-6-18(7-11-19)22-21(14-29-30(23(22)31)15-16-4-2-1-3-5-16)17-8-12-20(13-9-17)34(32,33)24(26,27)28/h1-14H,15H2. The van der Waals surface area contributed by atoms with Crippen molar-refractivity contribution in [3.8, 4) is 22.3 Å². The molecule has 0 radical (unpaired) electrons. The quantitative estimate of drug-likeness (QED) is 0.369. The van der Waals surface area contributed by atoms with E-state index in [9.17, 15) is 30.8 Å². The molecular formula is C24H16F4N2O3S. The third-order valence-electron chi connectivity index (χ3n) is 5.13. The number of aromatic nitrogens is 2. The minimum absolute atomic E-state index is 0.150. The summed E-state index contributed by atoms with van der Waals surface area (Å²) >= 11 is 0. The highest BCUT2D eigenvalue weighted by molar-refractivity contribution is 7.92. The largest absolute Gasteiger partial charge is 0.501 e. The summed E-state index contributed by atoms with van der Waals surface area (Å²) in [5.41, 5.74) is -4.06. The van der Waals surface area contributed by atoms with Gasteiger partial charge in [-0.3, -0.25) is 4.79 Å². The Morgan fingerprint density at radius 3 is 2.00 bits per heavy atom.